The first kappa shape index (κ1) is 15.3. The SMILES string of the molecule is COC(=O)NN=C(C)c1ccc(NC(=O)c2ccco2)cc1. The fourth-order valence-electron chi connectivity index (χ4n) is 1.63. The molecule has 0 saturated carbocycles. The minimum Gasteiger partial charge on any atom is -0.459 e. The van der Waals surface area contributed by atoms with Gasteiger partial charge in [0, 0.05) is 5.69 Å². The maximum absolute atomic E-state index is 11.8. The number of nitrogens with zero attached hydrogens (tertiary/aromatic N) is 1. The first-order valence-electron chi connectivity index (χ1n) is 6.43. The highest BCUT2D eigenvalue weighted by Gasteiger charge is 2.08. The van der Waals surface area contributed by atoms with E-state index in [0.717, 1.165) is 5.56 Å². The van der Waals surface area contributed by atoms with E-state index in [4.69, 9.17) is 4.42 Å². The average Bonchev–Trinajstić information content (AvgIpc) is 3.07. The summed E-state index contributed by atoms with van der Waals surface area (Å²) in [6.45, 7) is 1.74. The molecule has 7 nitrogen and oxygen atoms in total. The van der Waals surface area contributed by atoms with Crippen LogP contribution < -0.4 is 10.7 Å². The van der Waals surface area contributed by atoms with Crippen molar-refractivity contribution < 1.29 is 18.7 Å². The Labute approximate surface area is 127 Å². The van der Waals surface area contributed by atoms with Gasteiger partial charge >= 0.3 is 6.09 Å². The number of hydrogen-bond donors (Lipinski definition) is 2. The van der Waals surface area contributed by atoms with Crippen LogP contribution >= 0.6 is 0 Å². The summed E-state index contributed by atoms with van der Waals surface area (Å²) in [4.78, 5) is 22.8. The summed E-state index contributed by atoms with van der Waals surface area (Å²) in [5.74, 6) is -0.0837. The molecule has 0 radical (unpaired) electrons. The minimum atomic E-state index is -0.637. The van der Waals surface area contributed by atoms with Crippen LogP contribution in [0.25, 0.3) is 0 Å². The van der Waals surface area contributed by atoms with E-state index in [2.05, 4.69) is 20.6 Å². The number of methoxy groups -OCH3 is 1. The molecule has 0 spiro atoms. The molecule has 2 amide bonds. The number of carbonyl (C=O) groups excluding carboxylic acids is 2. The van der Waals surface area contributed by atoms with Crippen LogP contribution in [-0.2, 0) is 4.74 Å². The lowest BCUT2D eigenvalue weighted by Crippen LogP contribution is -2.18. The number of nitrogens with one attached hydrogen (secondary N) is 2. The van der Waals surface area contributed by atoms with Crippen LogP contribution in [0.4, 0.5) is 10.5 Å². The van der Waals surface area contributed by atoms with Gasteiger partial charge < -0.3 is 14.5 Å². The topological polar surface area (TPSA) is 92.9 Å². The zero-order valence-electron chi connectivity index (χ0n) is 12.1. The normalized spacial score (nSPS) is 10.9. The lowest BCUT2D eigenvalue weighted by molar-refractivity contribution is 0.0996. The Hall–Kier alpha value is -3.09. The molecule has 1 heterocycles. The predicted molar refractivity (Wildman–Crippen MR) is 80.9 cm³/mol. The predicted octanol–water partition coefficient (Wildman–Crippen LogP) is 2.61. The van der Waals surface area contributed by atoms with Crippen LogP contribution in [0.1, 0.15) is 23.0 Å². The van der Waals surface area contributed by atoms with Gasteiger partial charge in [0.1, 0.15) is 0 Å². The van der Waals surface area contributed by atoms with Crippen LogP contribution in [-0.4, -0.2) is 24.8 Å². The maximum Gasteiger partial charge on any atom is 0.427 e. The fraction of sp³-hybridized carbons (Fsp3) is 0.133. The summed E-state index contributed by atoms with van der Waals surface area (Å²) in [5, 5.41) is 6.59. The second-order valence-electron chi connectivity index (χ2n) is 4.31. The Morgan fingerprint density at radius 1 is 1.18 bits per heavy atom. The number of ether oxygens (including phenoxy) is 1. The van der Waals surface area contributed by atoms with E-state index in [0.29, 0.717) is 11.4 Å². The number of anilines is 1. The van der Waals surface area contributed by atoms with Gasteiger partial charge in [0.05, 0.1) is 19.1 Å². The van der Waals surface area contributed by atoms with Crippen molar-refractivity contribution in [3.8, 4) is 0 Å². The molecule has 0 bridgehead atoms. The standard InChI is InChI=1S/C15H15N3O4/c1-10(17-18-15(20)21-2)11-5-7-12(8-6-11)16-14(19)13-4-3-9-22-13/h3-9H,1-2H3,(H,16,19)(H,18,20). The summed E-state index contributed by atoms with van der Waals surface area (Å²) >= 11 is 0. The molecule has 2 N–H and O–H groups in total. The third kappa shape index (κ3) is 3.95. The largest absolute Gasteiger partial charge is 0.459 e. The lowest BCUT2D eigenvalue weighted by atomic mass is 10.1. The summed E-state index contributed by atoms with van der Waals surface area (Å²) < 4.78 is 9.43. The highest BCUT2D eigenvalue weighted by atomic mass is 16.5. The van der Waals surface area contributed by atoms with E-state index in [-0.39, 0.29) is 11.7 Å². The molecule has 0 aliphatic carbocycles. The van der Waals surface area contributed by atoms with Crippen LogP contribution in [0.3, 0.4) is 0 Å². The molecular formula is C15H15N3O4. The Bertz CT molecular complexity index is 675. The van der Waals surface area contributed by atoms with Gasteiger partial charge in [0.15, 0.2) is 5.76 Å². The van der Waals surface area contributed by atoms with Crippen LogP contribution in [0.5, 0.6) is 0 Å². The quantitative estimate of drug-likeness (QED) is 0.670. The van der Waals surface area contributed by atoms with E-state index >= 15 is 0 Å². The number of hydrogen-bond acceptors (Lipinski definition) is 5. The van der Waals surface area contributed by atoms with E-state index < -0.39 is 6.09 Å². The van der Waals surface area contributed by atoms with Crippen molar-refractivity contribution in [1.82, 2.24) is 5.43 Å². The zero-order valence-corrected chi connectivity index (χ0v) is 12.1. The van der Waals surface area contributed by atoms with Crippen LogP contribution in [0.15, 0.2) is 52.2 Å². The molecule has 22 heavy (non-hydrogen) atoms. The molecule has 1 aromatic heterocycles. The molecule has 7 heteroatoms. The van der Waals surface area contributed by atoms with Crippen molar-refractivity contribution in [2.75, 3.05) is 12.4 Å². The molecule has 0 unspecified atom stereocenters. The molecule has 0 fully saturated rings. The number of amides is 2. The van der Waals surface area contributed by atoms with Crippen molar-refractivity contribution in [3.63, 3.8) is 0 Å². The second-order valence-corrected chi connectivity index (χ2v) is 4.31. The average molecular weight is 301 g/mol. The monoisotopic (exact) mass is 301 g/mol. The minimum absolute atomic E-state index is 0.240. The number of furan rings is 1. The van der Waals surface area contributed by atoms with Crippen molar-refractivity contribution >= 4 is 23.4 Å². The number of carbonyl (C=O) groups is 2. The molecule has 0 aliphatic rings. The highest BCUT2D eigenvalue weighted by Crippen LogP contribution is 2.12. The number of benzene rings is 1. The van der Waals surface area contributed by atoms with Crippen molar-refractivity contribution in [3.05, 3.63) is 54.0 Å². The first-order chi connectivity index (χ1) is 10.6. The molecule has 2 aromatic rings. The third-order valence-corrected chi connectivity index (χ3v) is 2.81. The van der Waals surface area contributed by atoms with Gasteiger partial charge in [-0.2, -0.15) is 5.10 Å². The molecule has 0 atom stereocenters. The highest BCUT2D eigenvalue weighted by molar-refractivity contribution is 6.03. The molecule has 114 valence electrons. The van der Waals surface area contributed by atoms with Crippen molar-refractivity contribution in [1.29, 1.82) is 0 Å². The summed E-state index contributed by atoms with van der Waals surface area (Å²) in [7, 11) is 1.26. The smallest absolute Gasteiger partial charge is 0.427 e. The van der Waals surface area contributed by atoms with Crippen LogP contribution in [0, 0.1) is 0 Å². The molecule has 0 aliphatic heterocycles. The number of rotatable bonds is 4. The molecule has 1 aromatic carbocycles. The van der Waals surface area contributed by atoms with Gasteiger partial charge in [-0.25, -0.2) is 10.2 Å². The maximum atomic E-state index is 11.8. The van der Waals surface area contributed by atoms with Gasteiger partial charge in [-0.3, -0.25) is 4.79 Å². The number of hydrazone groups is 1. The van der Waals surface area contributed by atoms with Crippen molar-refractivity contribution in [2.45, 2.75) is 6.92 Å². The second kappa shape index (κ2) is 7.07. The summed E-state index contributed by atoms with van der Waals surface area (Å²) in [6, 6.07) is 10.2. The summed E-state index contributed by atoms with van der Waals surface area (Å²) in [6.07, 6.45) is 0.799. The molecule has 0 saturated heterocycles. The van der Waals surface area contributed by atoms with Gasteiger partial charge in [-0.05, 0) is 36.8 Å². The van der Waals surface area contributed by atoms with Gasteiger partial charge in [-0.15, -0.1) is 0 Å². The van der Waals surface area contributed by atoms with Crippen molar-refractivity contribution in [2.24, 2.45) is 5.10 Å². The Kier molecular flexibility index (Phi) is 4.92. The summed E-state index contributed by atoms with van der Waals surface area (Å²) in [5.41, 5.74) is 4.27. The Balaban J connectivity index is 2.01. The van der Waals surface area contributed by atoms with E-state index in [1.54, 1.807) is 43.3 Å². The van der Waals surface area contributed by atoms with E-state index in [1.807, 2.05) is 0 Å². The first-order valence-corrected chi connectivity index (χ1v) is 6.43. The Morgan fingerprint density at radius 2 is 1.91 bits per heavy atom. The van der Waals surface area contributed by atoms with Gasteiger partial charge in [-0.1, -0.05) is 12.1 Å². The molecular weight excluding hydrogens is 286 g/mol. The zero-order chi connectivity index (χ0) is 15.9. The van der Waals surface area contributed by atoms with E-state index in [9.17, 15) is 9.59 Å². The van der Waals surface area contributed by atoms with Gasteiger partial charge in [0.2, 0.25) is 0 Å². The van der Waals surface area contributed by atoms with Gasteiger partial charge in [0.25, 0.3) is 5.91 Å². The molecule has 2 rings (SSSR count). The lowest BCUT2D eigenvalue weighted by Gasteiger charge is -2.05. The third-order valence-electron chi connectivity index (χ3n) is 2.81. The van der Waals surface area contributed by atoms with E-state index in [1.165, 1.54) is 13.4 Å². The fourth-order valence-corrected chi connectivity index (χ4v) is 1.63. The Morgan fingerprint density at radius 3 is 2.50 bits per heavy atom. The van der Waals surface area contributed by atoms with Crippen LogP contribution in [0.2, 0.25) is 0 Å².